The summed E-state index contributed by atoms with van der Waals surface area (Å²) in [6, 6.07) is 23.1. The van der Waals surface area contributed by atoms with E-state index in [1.807, 2.05) is 7.11 Å². The fourth-order valence-electron chi connectivity index (χ4n) is 8.00. The van der Waals surface area contributed by atoms with Gasteiger partial charge in [0.05, 0.1) is 0 Å². The monoisotopic (exact) mass is 640 g/mol. The van der Waals surface area contributed by atoms with Crippen LogP contribution >= 0.6 is 0 Å². The van der Waals surface area contributed by atoms with Gasteiger partial charge in [0.25, 0.3) is 0 Å². The molecule has 0 aliphatic heterocycles. The van der Waals surface area contributed by atoms with Gasteiger partial charge in [-0.3, -0.25) is 0 Å². The number of allylic oxidation sites excluding steroid dienone is 4. The number of hydrogen-bond acceptors (Lipinski definition) is 3. The molecule has 1 unspecified atom stereocenters. The van der Waals surface area contributed by atoms with Crippen LogP contribution in [-0.2, 0) is 35.2 Å². The number of aryl methyl sites for hydroxylation is 1. The van der Waals surface area contributed by atoms with Crippen LogP contribution in [0.1, 0.15) is 56.9 Å². The van der Waals surface area contributed by atoms with Crippen molar-refractivity contribution in [1.82, 2.24) is 0 Å². The van der Waals surface area contributed by atoms with Crippen molar-refractivity contribution in [1.29, 1.82) is 0 Å². The van der Waals surface area contributed by atoms with Crippen LogP contribution in [0.3, 0.4) is 0 Å². The van der Waals surface area contributed by atoms with E-state index in [0.717, 1.165) is 5.75 Å². The summed E-state index contributed by atoms with van der Waals surface area (Å²) >= 11 is -2.42. The van der Waals surface area contributed by atoms with Crippen LogP contribution in [0.2, 0.25) is 15.9 Å². The Morgan fingerprint density at radius 1 is 0.795 bits per heavy atom. The first-order valence-electron chi connectivity index (χ1n) is 16.1. The first-order valence-corrected chi connectivity index (χ1v) is 22.6. The summed E-state index contributed by atoms with van der Waals surface area (Å²) in [6.07, 6.45) is 5.25. The zero-order chi connectivity index (χ0) is 32.6. The SMILES string of the molecule is COc1c(C(C)(C)C)cc(C)cc1[Si](C)(C)[C]1([Sc]([CH2]c2ccccc2N(C)C)[CH2]c2ccccc2N(C)C)C=C(C)C=C1C. The number of benzene rings is 3. The third kappa shape index (κ3) is 6.47. The van der Waals surface area contributed by atoms with Crippen molar-refractivity contribution in [3.8, 4) is 5.75 Å². The van der Waals surface area contributed by atoms with Crippen LogP contribution in [0.15, 0.2) is 84.0 Å². The molecule has 0 fully saturated rings. The Morgan fingerprint density at radius 3 is 1.70 bits per heavy atom. The molecular formula is C39H55N2OScSi. The van der Waals surface area contributed by atoms with Crippen LogP contribution in [0.4, 0.5) is 11.4 Å². The zero-order valence-electron chi connectivity index (χ0n) is 29.7. The molecule has 4 rings (SSSR count). The Bertz CT molecular complexity index is 1510. The van der Waals surface area contributed by atoms with Gasteiger partial charge in [-0.1, -0.05) is 0 Å². The van der Waals surface area contributed by atoms with Gasteiger partial charge < -0.3 is 0 Å². The molecule has 1 atom stereocenters. The molecule has 3 aromatic carbocycles. The van der Waals surface area contributed by atoms with E-state index >= 15 is 0 Å². The van der Waals surface area contributed by atoms with Crippen LogP contribution in [0.5, 0.6) is 5.75 Å². The minimum absolute atomic E-state index is 0.00773. The van der Waals surface area contributed by atoms with Crippen LogP contribution < -0.4 is 19.7 Å². The quantitative estimate of drug-likeness (QED) is 0.206. The second kappa shape index (κ2) is 13.2. The normalized spacial score (nSPS) is 16.8. The maximum absolute atomic E-state index is 6.43. The number of rotatable bonds is 10. The van der Waals surface area contributed by atoms with Crippen molar-refractivity contribution in [3.05, 3.63) is 106 Å². The second-order valence-electron chi connectivity index (χ2n) is 15.0. The number of hydrogen-bond donors (Lipinski definition) is 0. The first-order chi connectivity index (χ1) is 20.5. The van der Waals surface area contributed by atoms with Gasteiger partial charge in [-0.05, 0) is 0 Å². The van der Waals surface area contributed by atoms with Crippen LogP contribution in [0, 0.1) is 6.92 Å². The Labute approximate surface area is 277 Å². The molecule has 0 heterocycles. The van der Waals surface area contributed by atoms with Gasteiger partial charge in [-0.15, -0.1) is 0 Å². The van der Waals surface area contributed by atoms with E-state index < -0.39 is 29.5 Å². The summed E-state index contributed by atoms with van der Waals surface area (Å²) in [6.45, 7) is 19.3. The van der Waals surface area contributed by atoms with Gasteiger partial charge in [0.1, 0.15) is 0 Å². The summed E-state index contributed by atoms with van der Waals surface area (Å²) in [4.78, 5) is 4.60. The fourth-order valence-corrected chi connectivity index (χ4v) is 24.7. The Hall–Kier alpha value is -2.37. The van der Waals surface area contributed by atoms with E-state index in [2.05, 4.69) is 165 Å². The Morgan fingerprint density at radius 2 is 1.30 bits per heavy atom. The van der Waals surface area contributed by atoms with E-state index in [1.54, 1.807) is 5.57 Å². The van der Waals surface area contributed by atoms with E-state index in [-0.39, 0.29) is 8.21 Å². The number of methoxy groups -OCH3 is 1. The molecule has 3 nitrogen and oxygen atoms in total. The molecule has 0 saturated heterocycles. The number of ether oxygens (including phenoxy) is 1. The van der Waals surface area contributed by atoms with Gasteiger partial charge in [-0.2, -0.15) is 0 Å². The van der Waals surface area contributed by atoms with Crippen molar-refractivity contribution < 1.29 is 26.2 Å². The Kier molecular flexibility index (Phi) is 10.3. The zero-order valence-corrected chi connectivity index (χ0v) is 32.5. The van der Waals surface area contributed by atoms with Crippen molar-refractivity contribution in [2.45, 2.75) is 71.2 Å². The average Bonchev–Trinajstić information content (AvgIpc) is 3.26. The molecule has 0 bridgehead atoms. The number of para-hydroxylation sites is 2. The summed E-state index contributed by atoms with van der Waals surface area (Å²) in [7, 11) is 8.36. The molecule has 3 aromatic rings. The van der Waals surface area contributed by atoms with Crippen molar-refractivity contribution in [2.24, 2.45) is 0 Å². The van der Waals surface area contributed by atoms with Gasteiger partial charge in [0, 0.05) is 0 Å². The summed E-state index contributed by atoms with van der Waals surface area (Å²) in [5.74, 6) is 1.12. The third-order valence-electron chi connectivity index (χ3n) is 10.0. The van der Waals surface area contributed by atoms with E-state index in [4.69, 9.17) is 4.74 Å². The summed E-state index contributed by atoms with van der Waals surface area (Å²) in [5.41, 5.74) is 11.3. The van der Waals surface area contributed by atoms with E-state index in [9.17, 15) is 0 Å². The average molecular weight is 641 g/mol. The Balaban J connectivity index is 2.06. The molecule has 0 radical (unpaired) electrons. The van der Waals surface area contributed by atoms with Crippen LogP contribution in [0.25, 0.3) is 0 Å². The molecule has 0 N–H and O–H groups in total. The first kappa shape index (κ1) is 34.5. The predicted molar refractivity (Wildman–Crippen MR) is 193 cm³/mol. The molecule has 0 amide bonds. The molecule has 44 heavy (non-hydrogen) atoms. The van der Waals surface area contributed by atoms with Crippen molar-refractivity contribution >= 4 is 24.6 Å². The minimum atomic E-state index is -2.42. The third-order valence-corrected chi connectivity index (χ3v) is 25.3. The standard InChI is InChI=1S/C21H31OSi.2C9H12N.Sc/c1-14-10-16(3)18(12-14)23(8,9)19-13-15(2)11-17(20(19)22-7)21(4,5)6;2*1-8-6-4-5-7-9(8)10(2)3;/h10-13H,1-9H3;2*4-7H,1H2,2-3H3;. The summed E-state index contributed by atoms with van der Waals surface area (Å²) in [5, 5.41) is 1.47. The molecule has 0 spiro atoms. The number of nitrogens with zero attached hydrogens (tertiary/aromatic N) is 2. The van der Waals surface area contributed by atoms with Gasteiger partial charge in [0.15, 0.2) is 0 Å². The number of anilines is 2. The van der Waals surface area contributed by atoms with Crippen molar-refractivity contribution in [2.75, 3.05) is 45.1 Å². The molecule has 0 aromatic heterocycles. The maximum atomic E-state index is 6.43. The van der Waals surface area contributed by atoms with E-state index in [0.29, 0.717) is 0 Å². The summed E-state index contributed by atoms with van der Waals surface area (Å²) < 4.78 is 8.85. The molecule has 234 valence electrons. The van der Waals surface area contributed by atoms with Crippen molar-refractivity contribution in [3.63, 3.8) is 0 Å². The molecular weight excluding hydrogens is 585 g/mol. The van der Waals surface area contributed by atoms with Gasteiger partial charge in [0.2, 0.25) is 0 Å². The van der Waals surface area contributed by atoms with Gasteiger partial charge in [-0.25, -0.2) is 0 Å². The predicted octanol–water partition coefficient (Wildman–Crippen LogP) is 8.97. The van der Waals surface area contributed by atoms with E-state index in [1.165, 1.54) is 52.7 Å². The molecule has 1 aliphatic rings. The fraction of sp³-hybridized carbons (Fsp3) is 0.436. The topological polar surface area (TPSA) is 15.7 Å². The van der Waals surface area contributed by atoms with Gasteiger partial charge >= 0.3 is 279 Å². The second-order valence-corrected chi connectivity index (χ2v) is 25.4. The molecule has 5 heteroatoms. The molecule has 1 aliphatic carbocycles. The van der Waals surface area contributed by atoms with Crippen LogP contribution in [-0.4, -0.2) is 43.4 Å². The molecule has 0 saturated carbocycles.